The topological polar surface area (TPSA) is 79.3 Å². The average Bonchev–Trinajstić information content (AvgIpc) is 3.41. The van der Waals surface area contributed by atoms with Crippen molar-refractivity contribution in [3.63, 3.8) is 0 Å². The number of hydrogen-bond acceptors (Lipinski definition) is 6. The zero-order valence-electron chi connectivity index (χ0n) is 21.1. The summed E-state index contributed by atoms with van der Waals surface area (Å²) in [6, 6.07) is 28.4. The number of carboxylic acids is 1. The van der Waals surface area contributed by atoms with Gasteiger partial charge in [-0.05, 0) is 59.7 Å². The average molecular weight is 527 g/mol. The fourth-order valence-electron chi connectivity index (χ4n) is 4.47. The SMILES string of the molecule is O=C(O)CN(CC(=O)c1ccccc1)c1ccc(CN(Cc2ccc3c(c2)OCO3)c2ccc(F)cc2)cc1. The summed E-state index contributed by atoms with van der Waals surface area (Å²) in [6.45, 7) is 0.900. The lowest BCUT2D eigenvalue weighted by atomic mass is 10.1. The second-order valence-corrected chi connectivity index (χ2v) is 9.23. The van der Waals surface area contributed by atoms with Crippen molar-refractivity contribution >= 4 is 23.1 Å². The first kappa shape index (κ1) is 25.8. The number of anilines is 2. The van der Waals surface area contributed by atoms with Crippen LogP contribution in [0.15, 0.2) is 97.1 Å². The molecule has 1 aliphatic rings. The van der Waals surface area contributed by atoms with Gasteiger partial charge >= 0.3 is 5.97 Å². The van der Waals surface area contributed by atoms with E-state index in [1.165, 1.54) is 12.1 Å². The first-order chi connectivity index (χ1) is 18.9. The molecule has 0 saturated heterocycles. The van der Waals surface area contributed by atoms with Crippen LogP contribution in [0.4, 0.5) is 15.8 Å². The summed E-state index contributed by atoms with van der Waals surface area (Å²) in [5, 5.41) is 9.44. The van der Waals surface area contributed by atoms with Gasteiger partial charge < -0.3 is 24.4 Å². The van der Waals surface area contributed by atoms with E-state index >= 15 is 0 Å². The number of rotatable bonds is 11. The minimum absolute atomic E-state index is 0.0541. The Hall–Kier alpha value is -4.85. The monoisotopic (exact) mass is 526 g/mol. The predicted molar refractivity (Wildman–Crippen MR) is 146 cm³/mol. The van der Waals surface area contributed by atoms with Gasteiger partial charge in [0.25, 0.3) is 0 Å². The molecular weight excluding hydrogens is 499 g/mol. The molecule has 0 bridgehead atoms. The van der Waals surface area contributed by atoms with E-state index in [-0.39, 0.29) is 31.5 Å². The molecule has 5 rings (SSSR count). The van der Waals surface area contributed by atoms with Crippen LogP contribution in [0.25, 0.3) is 0 Å². The van der Waals surface area contributed by atoms with Crippen LogP contribution in [0, 0.1) is 5.82 Å². The van der Waals surface area contributed by atoms with Crippen LogP contribution in [0.3, 0.4) is 0 Å². The van der Waals surface area contributed by atoms with Gasteiger partial charge in [-0.25, -0.2) is 4.39 Å². The fourth-order valence-corrected chi connectivity index (χ4v) is 4.47. The molecule has 4 aromatic rings. The smallest absolute Gasteiger partial charge is 0.323 e. The normalized spacial score (nSPS) is 11.7. The number of carbonyl (C=O) groups excluding carboxylic acids is 1. The summed E-state index contributed by atoms with van der Waals surface area (Å²) in [4.78, 5) is 28.0. The minimum atomic E-state index is -1.02. The molecule has 0 radical (unpaired) electrons. The Morgan fingerprint density at radius 2 is 1.33 bits per heavy atom. The number of benzene rings is 4. The van der Waals surface area contributed by atoms with Gasteiger partial charge in [0, 0.05) is 30.0 Å². The number of carboxylic acid groups (broad SMARTS) is 1. The molecule has 0 amide bonds. The number of carbonyl (C=O) groups is 2. The van der Waals surface area contributed by atoms with Gasteiger partial charge in [0.2, 0.25) is 6.79 Å². The predicted octanol–water partition coefficient (Wildman–Crippen LogP) is 5.54. The fraction of sp³-hybridized carbons (Fsp3) is 0.161. The van der Waals surface area contributed by atoms with E-state index in [9.17, 15) is 19.1 Å². The highest BCUT2D eigenvalue weighted by Gasteiger charge is 2.18. The first-order valence-corrected chi connectivity index (χ1v) is 12.5. The molecule has 1 aliphatic heterocycles. The zero-order chi connectivity index (χ0) is 27.2. The molecule has 0 atom stereocenters. The van der Waals surface area contributed by atoms with Crippen molar-refractivity contribution < 1.29 is 28.6 Å². The third-order valence-corrected chi connectivity index (χ3v) is 6.43. The van der Waals surface area contributed by atoms with Gasteiger partial charge in [0.05, 0.1) is 6.54 Å². The number of aliphatic carboxylic acids is 1. The van der Waals surface area contributed by atoms with Gasteiger partial charge in [0.15, 0.2) is 17.3 Å². The highest BCUT2D eigenvalue weighted by Crippen LogP contribution is 2.33. The van der Waals surface area contributed by atoms with Crippen molar-refractivity contribution in [3.05, 3.63) is 120 Å². The number of nitrogens with zero attached hydrogens (tertiary/aromatic N) is 2. The Balaban J connectivity index is 1.35. The lowest BCUT2D eigenvalue weighted by Gasteiger charge is -2.26. The molecule has 0 spiro atoms. The highest BCUT2D eigenvalue weighted by molar-refractivity contribution is 5.99. The number of hydrogen-bond donors (Lipinski definition) is 1. The molecule has 0 unspecified atom stereocenters. The van der Waals surface area contributed by atoms with Gasteiger partial charge in [-0.15, -0.1) is 0 Å². The maximum atomic E-state index is 13.6. The maximum absolute atomic E-state index is 13.6. The summed E-state index contributed by atoms with van der Waals surface area (Å²) in [5.74, 6) is -0.0909. The minimum Gasteiger partial charge on any atom is -0.480 e. The molecule has 198 valence electrons. The van der Waals surface area contributed by atoms with Crippen LogP contribution in [0.5, 0.6) is 11.5 Å². The molecule has 1 N–H and O–H groups in total. The number of fused-ring (bicyclic) bond motifs is 1. The first-order valence-electron chi connectivity index (χ1n) is 12.5. The standard InChI is InChI=1S/C31H27FN2O5/c32-25-9-13-27(14-10-25)33(18-23-8-15-29-30(16-23)39-21-38-29)17-22-6-11-26(12-7-22)34(20-31(36)37)19-28(35)24-4-2-1-3-5-24/h1-16H,17-21H2,(H,36,37). The Bertz CT molecular complexity index is 1440. The van der Waals surface area contributed by atoms with E-state index in [0.717, 1.165) is 16.8 Å². The second-order valence-electron chi connectivity index (χ2n) is 9.23. The van der Waals surface area contributed by atoms with Gasteiger partial charge in [-0.1, -0.05) is 48.5 Å². The number of Topliss-reactive ketones (excluding diaryl/α,β-unsaturated/α-hetero) is 1. The molecule has 39 heavy (non-hydrogen) atoms. The van der Waals surface area contributed by atoms with E-state index in [1.54, 1.807) is 41.3 Å². The third kappa shape index (κ3) is 6.54. The van der Waals surface area contributed by atoms with Gasteiger partial charge in [-0.3, -0.25) is 9.59 Å². The molecule has 0 aromatic heterocycles. The van der Waals surface area contributed by atoms with E-state index in [1.807, 2.05) is 48.5 Å². The summed E-state index contributed by atoms with van der Waals surface area (Å²) in [6.07, 6.45) is 0. The maximum Gasteiger partial charge on any atom is 0.323 e. The van der Waals surface area contributed by atoms with Crippen molar-refractivity contribution in [2.75, 3.05) is 29.7 Å². The number of ketones is 1. The van der Waals surface area contributed by atoms with Gasteiger partial charge in [-0.2, -0.15) is 0 Å². The van der Waals surface area contributed by atoms with E-state index in [2.05, 4.69) is 4.90 Å². The molecule has 8 heteroatoms. The van der Waals surface area contributed by atoms with Crippen LogP contribution < -0.4 is 19.3 Å². The van der Waals surface area contributed by atoms with Crippen LogP contribution in [-0.2, 0) is 17.9 Å². The van der Waals surface area contributed by atoms with Gasteiger partial charge in [0.1, 0.15) is 12.4 Å². The lowest BCUT2D eigenvalue weighted by Crippen LogP contribution is -2.34. The van der Waals surface area contributed by atoms with Crippen LogP contribution in [0.2, 0.25) is 0 Å². The third-order valence-electron chi connectivity index (χ3n) is 6.43. The molecule has 4 aromatic carbocycles. The van der Waals surface area contributed by atoms with Crippen LogP contribution in [0.1, 0.15) is 21.5 Å². The molecule has 0 aliphatic carbocycles. The van der Waals surface area contributed by atoms with Crippen LogP contribution >= 0.6 is 0 Å². The zero-order valence-corrected chi connectivity index (χ0v) is 21.1. The number of halogens is 1. The molecular formula is C31H27FN2O5. The second kappa shape index (κ2) is 11.7. The summed E-state index contributed by atoms with van der Waals surface area (Å²) < 4.78 is 24.6. The molecule has 7 nitrogen and oxygen atoms in total. The highest BCUT2D eigenvalue weighted by atomic mass is 19.1. The van der Waals surface area contributed by atoms with Crippen LogP contribution in [-0.4, -0.2) is 36.7 Å². The molecule has 1 heterocycles. The summed E-state index contributed by atoms with van der Waals surface area (Å²) >= 11 is 0. The molecule has 0 saturated carbocycles. The van der Waals surface area contributed by atoms with Crippen molar-refractivity contribution in [1.29, 1.82) is 0 Å². The van der Waals surface area contributed by atoms with Crippen molar-refractivity contribution in [2.45, 2.75) is 13.1 Å². The Labute approximate surface area is 225 Å². The Kier molecular flexibility index (Phi) is 7.73. The van der Waals surface area contributed by atoms with Crippen molar-refractivity contribution in [2.24, 2.45) is 0 Å². The van der Waals surface area contributed by atoms with Crippen molar-refractivity contribution in [3.8, 4) is 11.5 Å². The lowest BCUT2D eigenvalue weighted by molar-refractivity contribution is -0.135. The largest absolute Gasteiger partial charge is 0.480 e. The quantitative estimate of drug-likeness (QED) is 0.257. The Morgan fingerprint density at radius 1 is 0.718 bits per heavy atom. The molecule has 0 fully saturated rings. The van der Waals surface area contributed by atoms with E-state index in [4.69, 9.17) is 9.47 Å². The Morgan fingerprint density at radius 3 is 2.05 bits per heavy atom. The van der Waals surface area contributed by atoms with E-state index in [0.29, 0.717) is 35.8 Å². The summed E-state index contributed by atoms with van der Waals surface area (Å²) in [5.41, 5.74) is 3.98. The van der Waals surface area contributed by atoms with Crippen molar-refractivity contribution in [1.82, 2.24) is 0 Å². The van der Waals surface area contributed by atoms with E-state index < -0.39 is 5.97 Å². The summed E-state index contributed by atoms with van der Waals surface area (Å²) in [7, 11) is 0. The number of ether oxygens (including phenoxy) is 2.